The Morgan fingerprint density at radius 1 is 1.18 bits per heavy atom. The van der Waals surface area contributed by atoms with Crippen LogP contribution in [0.5, 0.6) is 5.75 Å². The first-order valence-electron chi connectivity index (χ1n) is 8.85. The summed E-state index contributed by atoms with van der Waals surface area (Å²) in [5.74, 6) is 0.348. The van der Waals surface area contributed by atoms with Gasteiger partial charge in [-0.2, -0.15) is 8.78 Å². The number of benzene rings is 2. The van der Waals surface area contributed by atoms with E-state index in [0.29, 0.717) is 25.3 Å². The fraction of sp³-hybridized carbons (Fsp3) is 0.300. The maximum absolute atomic E-state index is 12.2. The van der Waals surface area contributed by atoms with Crippen molar-refractivity contribution in [2.45, 2.75) is 24.3 Å². The third-order valence-corrected chi connectivity index (χ3v) is 5.30. The van der Waals surface area contributed by atoms with Gasteiger partial charge in [0, 0.05) is 24.4 Å². The van der Waals surface area contributed by atoms with E-state index in [-0.39, 0.29) is 24.0 Å². The fourth-order valence-electron chi connectivity index (χ4n) is 2.88. The Morgan fingerprint density at radius 3 is 2.68 bits per heavy atom. The molecule has 3 rings (SSSR count). The van der Waals surface area contributed by atoms with Gasteiger partial charge >= 0.3 is 6.61 Å². The summed E-state index contributed by atoms with van der Waals surface area (Å²) in [5.41, 5.74) is 1.75. The van der Waals surface area contributed by atoms with Gasteiger partial charge in [-0.3, -0.25) is 9.59 Å². The highest BCUT2D eigenvalue weighted by molar-refractivity contribution is 8.00. The number of para-hydroxylation sites is 1. The Kier molecular flexibility index (Phi) is 6.86. The standard InChI is InChI=1S/C20H20F2N2O3S/c21-20(22)27-15-7-5-14(6-8-15)9-11-23-18(25)10-12-24-16-3-1-2-4-17(16)28-13-19(24)26/h1-8,20H,9-13H2,(H,23,25). The van der Waals surface area contributed by atoms with Crippen LogP contribution in [0.4, 0.5) is 14.5 Å². The average Bonchev–Trinajstić information content (AvgIpc) is 2.68. The highest BCUT2D eigenvalue weighted by atomic mass is 32.2. The molecule has 0 fully saturated rings. The second kappa shape index (κ2) is 9.54. The van der Waals surface area contributed by atoms with Crippen molar-refractivity contribution < 1.29 is 23.1 Å². The number of rotatable bonds is 8. The van der Waals surface area contributed by atoms with Crippen molar-refractivity contribution in [3.05, 3.63) is 54.1 Å². The molecule has 1 N–H and O–H groups in total. The van der Waals surface area contributed by atoms with Crippen molar-refractivity contribution in [2.24, 2.45) is 0 Å². The van der Waals surface area contributed by atoms with Gasteiger partial charge in [-0.1, -0.05) is 24.3 Å². The third kappa shape index (κ3) is 5.45. The molecule has 1 aliphatic heterocycles. The highest BCUT2D eigenvalue weighted by Gasteiger charge is 2.24. The van der Waals surface area contributed by atoms with Crippen molar-refractivity contribution in [1.29, 1.82) is 0 Å². The molecule has 0 bridgehead atoms. The summed E-state index contributed by atoms with van der Waals surface area (Å²) in [6, 6.07) is 14.0. The second-order valence-corrected chi connectivity index (χ2v) is 7.19. The smallest absolute Gasteiger partial charge is 0.387 e. The monoisotopic (exact) mass is 406 g/mol. The summed E-state index contributed by atoms with van der Waals surface area (Å²) in [4.78, 5) is 27.0. The Hall–Kier alpha value is -2.61. The van der Waals surface area contributed by atoms with Crippen LogP contribution in [0.25, 0.3) is 0 Å². The van der Waals surface area contributed by atoms with Crippen LogP contribution >= 0.6 is 11.8 Å². The van der Waals surface area contributed by atoms with Gasteiger partial charge in [0.2, 0.25) is 11.8 Å². The zero-order chi connectivity index (χ0) is 19.9. The molecule has 2 aromatic rings. The summed E-state index contributed by atoms with van der Waals surface area (Å²) in [5, 5.41) is 2.82. The highest BCUT2D eigenvalue weighted by Crippen LogP contribution is 2.34. The van der Waals surface area contributed by atoms with E-state index in [9.17, 15) is 18.4 Å². The quantitative estimate of drug-likeness (QED) is 0.729. The number of amides is 2. The number of anilines is 1. The third-order valence-electron chi connectivity index (χ3n) is 4.26. The van der Waals surface area contributed by atoms with Crippen LogP contribution < -0.4 is 15.0 Å². The average molecular weight is 406 g/mol. The van der Waals surface area contributed by atoms with Crippen LogP contribution in [0.15, 0.2) is 53.4 Å². The lowest BCUT2D eigenvalue weighted by atomic mass is 10.1. The number of alkyl halides is 2. The first-order valence-corrected chi connectivity index (χ1v) is 9.84. The van der Waals surface area contributed by atoms with Gasteiger partial charge < -0.3 is 15.0 Å². The van der Waals surface area contributed by atoms with Crippen molar-refractivity contribution in [3.63, 3.8) is 0 Å². The van der Waals surface area contributed by atoms with Crippen LogP contribution in [-0.4, -0.2) is 37.3 Å². The molecule has 0 aliphatic carbocycles. The fourth-order valence-corrected chi connectivity index (χ4v) is 3.82. The molecule has 0 atom stereocenters. The molecular weight excluding hydrogens is 386 g/mol. The largest absolute Gasteiger partial charge is 0.435 e. The van der Waals surface area contributed by atoms with Crippen molar-refractivity contribution >= 4 is 29.3 Å². The molecule has 0 spiro atoms. The molecule has 2 amide bonds. The molecular formula is C20H20F2N2O3S. The Labute approximate surface area is 166 Å². The van der Waals surface area contributed by atoms with E-state index in [1.165, 1.54) is 23.9 Å². The molecule has 5 nitrogen and oxygen atoms in total. The van der Waals surface area contributed by atoms with E-state index in [0.717, 1.165) is 16.1 Å². The van der Waals surface area contributed by atoms with Crippen molar-refractivity contribution in [3.8, 4) is 5.75 Å². The Morgan fingerprint density at radius 2 is 1.93 bits per heavy atom. The number of halogens is 2. The lowest BCUT2D eigenvalue weighted by Gasteiger charge is -2.28. The topological polar surface area (TPSA) is 58.6 Å². The van der Waals surface area contributed by atoms with Crippen LogP contribution in [0.2, 0.25) is 0 Å². The Balaban J connectivity index is 1.43. The molecule has 0 aromatic heterocycles. The zero-order valence-corrected chi connectivity index (χ0v) is 15.9. The molecule has 0 radical (unpaired) electrons. The maximum atomic E-state index is 12.2. The van der Waals surface area contributed by atoms with Crippen LogP contribution in [0.1, 0.15) is 12.0 Å². The van der Waals surface area contributed by atoms with Gasteiger partial charge in [0.15, 0.2) is 0 Å². The minimum atomic E-state index is -2.84. The van der Waals surface area contributed by atoms with E-state index < -0.39 is 6.61 Å². The molecule has 8 heteroatoms. The van der Waals surface area contributed by atoms with E-state index in [2.05, 4.69) is 10.1 Å². The van der Waals surface area contributed by atoms with E-state index in [4.69, 9.17) is 0 Å². The number of nitrogens with one attached hydrogen (secondary N) is 1. The molecule has 2 aromatic carbocycles. The lowest BCUT2D eigenvalue weighted by Crippen LogP contribution is -2.38. The predicted molar refractivity (Wildman–Crippen MR) is 104 cm³/mol. The molecule has 0 unspecified atom stereocenters. The number of carbonyl (C=O) groups excluding carboxylic acids is 2. The van der Waals surface area contributed by atoms with Gasteiger partial charge in [-0.25, -0.2) is 0 Å². The van der Waals surface area contributed by atoms with E-state index >= 15 is 0 Å². The molecule has 28 heavy (non-hydrogen) atoms. The summed E-state index contributed by atoms with van der Waals surface area (Å²) < 4.78 is 28.6. The van der Waals surface area contributed by atoms with Crippen LogP contribution in [0.3, 0.4) is 0 Å². The molecule has 148 valence electrons. The van der Waals surface area contributed by atoms with E-state index in [1.54, 1.807) is 17.0 Å². The first kappa shape index (κ1) is 20.1. The molecule has 1 aliphatic rings. The normalized spacial score (nSPS) is 13.4. The summed E-state index contributed by atoms with van der Waals surface area (Å²) >= 11 is 1.51. The van der Waals surface area contributed by atoms with Gasteiger partial charge in [0.1, 0.15) is 5.75 Å². The van der Waals surface area contributed by atoms with Gasteiger partial charge in [0.25, 0.3) is 0 Å². The van der Waals surface area contributed by atoms with Crippen molar-refractivity contribution in [1.82, 2.24) is 5.32 Å². The van der Waals surface area contributed by atoms with Crippen LogP contribution in [-0.2, 0) is 16.0 Å². The van der Waals surface area contributed by atoms with Gasteiger partial charge in [0.05, 0.1) is 11.4 Å². The van der Waals surface area contributed by atoms with E-state index in [1.807, 2.05) is 24.3 Å². The SMILES string of the molecule is O=C(CCN1C(=O)CSc2ccccc21)NCCc1ccc(OC(F)F)cc1. The molecule has 1 heterocycles. The number of thioether (sulfide) groups is 1. The van der Waals surface area contributed by atoms with Crippen LogP contribution in [0, 0.1) is 0 Å². The summed E-state index contributed by atoms with van der Waals surface area (Å²) in [6.45, 7) is -2.08. The predicted octanol–water partition coefficient (Wildman–Crippen LogP) is 3.48. The number of carbonyl (C=O) groups is 2. The number of fused-ring (bicyclic) bond motifs is 1. The van der Waals surface area contributed by atoms with Crippen molar-refractivity contribution in [2.75, 3.05) is 23.7 Å². The lowest BCUT2D eigenvalue weighted by molar-refractivity contribution is -0.121. The Bertz CT molecular complexity index is 830. The minimum absolute atomic E-state index is 0.00241. The number of hydrogen-bond acceptors (Lipinski definition) is 4. The molecule has 0 saturated heterocycles. The molecule has 0 saturated carbocycles. The van der Waals surface area contributed by atoms with Gasteiger partial charge in [-0.15, -0.1) is 11.8 Å². The minimum Gasteiger partial charge on any atom is -0.435 e. The summed E-state index contributed by atoms with van der Waals surface area (Å²) in [6.07, 6.45) is 0.786. The van der Waals surface area contributed by atoms with Gasteiger partial charge in [-0.05, 0) is 36.2 Å². The summed E-state index contributed by atoms with van der Waals surface area (Å²) in [7, 11) is 0. The number of hydrogen-bond donors (Lipinski definition) is 1. The zero-order valence-electron chi connectivity index (χ0n) is 15.1. The maximum Gasteiger partial charge on any atom is 0.387 e. The number of ether oxygens (including phenoxy) is 1. The second-order valence-electron chi connectivity index (χ2n) is 6.17. The first-order chi connectivity index (χ1) is 13.5. The number of nitrogens with zero attached hydrogens (tertiary/aromatic N) is 1.